The Labute approximate surface area is 61.8 Å². The van der Waals surface area contributed by atoms with E-state index in [1.54, 1.807) is 6.92 Å². The molecule has 0 aromatic rings. The second-order valence-electron chi connectivity index (χ2n) is 3.17. The number of nitrogens with two attached hydrogens (primary N) is 1. The van der Waals surface area contributed by atoms with E-state index in [4.69, 9.17) is 5.73 Å². The summed E-state index contributed by atoms with van der Waals surface area (Å²) in [6, 6.07) is 0.145. The molecule has 1 saturated carbocycles. The molecule has 10 heavy (non-hydrogen) atoms. The summed E-state index contributed by atoms with van der Waals surface area (Å²) in [5.41, 5.74) is 5.76. The van der Waals surface area contributed by atoms with Crippen molar-refractivity contribution in [2.45, 2.75) is 38.6 Å². The number of rotatable bonds is 1. The van der Waals surface area contributed by atoms with Gasteiger partial charge in [0, 0.05) is 12.0 Å². The van der Waals surface area contributed by atoms with Gasteiger partial charge in [0.2, 0.25) is 0 Å². The fourth-order valence-electron chi connectivity index (χ4n) is 1.66. The standard InChI is InChI=1S/C8H15NO/c1-6(10)7-4-2-3-5-8(7)9/h7-8H,2-5,9H2,1H3/t7?,8-/m0/s1. The Hall–Kier alpha value is -0.370. The van der Waals surface area contributed by atoms with E-state index in [-0.39, 0.29) is 17.7 Å². The summed E-state index contributed by atoms with van der Waals surface area (Å²) in [6.45, 7) is 1.65. The lowest BCUT2D eigenvalue weighted by molar-refractivity contribution is -0.122. The van der Waals surface area contributed by atoms with Gasteiger partial charge >= 0.3 is 0 Å². The minimum Gasteiger partial charge on any atom is -0.327 e. The van der Waals surface area contributed by atoms with E-state index in [0.29, 0.717) is 0 Å². The molecule has 1 unspecified atom stereocenters. The van der Waals surface area contributed by atoms with Gasteiger partial charge in [0.1, 0.15) is 5.78 Å². The third kappa shape index (κ3) is 1.57. The monoisotopic (exact) mass is 141 g/mol. The van der Waals surface area contributed by atoms with Crippen molar-refractivity contribution < 1.29 is 4.79 Å². The van der Waals surface area contributed by atoms with E-state index in [1.807, 2.05) is 0 Å². The SMILES string of the molecule is CC(=O)C1CCCC[C@@H]1N. The Morgan fingerprint density at radius 1 is 1.40 bits per heavy atom. The van der Waals surface area contributed by atoms with Crippen LogP contribution >= 0.6 is 0 Å². The Balaban J connectivity index is 2.47. The van der Waals surface area contributed by atoms with Crippen LogP contribution in [0.15, 0.2) is 0 Å². The van der Waals surface area contributed by atoms with Gasteiger partial charge in [-0.05, 0) is 19.8 Å². The molecule has 2 nitrogen and oxygen atoms in total. The van der Waals surface area contributed by atoms with E-state index in [9.17, 15) is 4.79 Å². The highest BCUT2D eigenvalue weighted by Gasteiger charge is 2.24. The van der Waals surface area contributed by atoms with Crippen molar-refractivity contribution in [2.24, 2.45) is 11.7 Å². The third-order valence-electron chi connectivity index (χ3n) is 2.34. The first-order chi connectivity index (χ1) is 4.72. The van der Waals surface area contributed by atoms with Crippen LogP contribution in [-0.4, -0.2) is 11.8 Å². The van der Waals surface area contributed by atoms with E-state index in [2.05, 4.69) is 0 Å². The molecule has 2 atom stereocenters. The predicted octanol–water partition coefficient (Wildman–Crippen LogP) is 1.09. The number of Topliss-reactive ketones (excluding diaryl/α,β-unsaturated/α-hetero) is 1. The number of hydrogen-bond donors (Lipinski definition) is 1. The Bertz CT molecular complexity index is 133. The molecule has 0 aliphatic heterocycles. The van der Waals surface area contributed by atoms with Crippen molar-refractivity contribution in [3.63, 3.8) is 0 Å². The molecule has 0 amide bonds. The lowest BCUT2D eigenvalue weighted by Gasteiger charge is -2.25. The summed E-state index contributed by atoms with van der Waals surface area (Å²) in [6.07, 6.45) is 4.42. The van der Waals surface area contributed by atoms with Crippen molar-refractivity contribution in [3.05, 3.63) is 0 Å². The van der Waals surface area contributed by atoms with Crippen LogP contribution in [0.5, 0.6) is 0 Å². The Morgan fingerprint density at radius 2 is 2.00 bits per heavy atom. The van der Waals surface area contributed by atoms with Crippen LogP contribution < -0.4 is 5.73 Å². The van der Waals surface area contributed by atoms with Crippen molar-refractivity contribution in [1.29, 1.82) is 0 Å². The first-order valence-electron chi connectivity index (χ1n) is 3.98. The van der Waals surface area contributed by atoms with Gasteiger partial charge < -0.3 is 5.73 Å². The van der Waals surface area contributed by atoms with Crippen LogP contribution in [0.4, 0.5) is 0 Å². The van der Waals surface area contributed by atoms with Crippen molar-refractivity contribution >= 4 is 5.78 Å². The van der Waals surface area contributed by atoms with Crippen LogP contribution in [0.1, 0.15) is 32.6 Å². The van der Waals surface area contributed by atoms with E-state index < -0.39 is 0 Å². The number of carbonyl (C=O) groups is 1. The average Bonchev–Trinajstić information content (AvgIpc) is 1.88. The van der Waals surface area contributed by atoms with E-state index in [0.717, 1.165) is 12.8 Å². The van der Waals surface area contributed by atoms with Crippen LogP contribution in [0.3, 0.4) is 0 Å². The van der Waals surface area contributed by atoms with Gasteiger partial charge in [-0.1, -0.05) is 12.8 Å². The van der Waals surface area contributed by atoms with Gasteiger partial charge in [-0.15, -0.1) is 0 Å². The predicted molar refractivity (Wildman–Crippen MR) is 40.6 cm³/mol. The van der Waals surface area contributed by atoms with E-state index >= 15 is 0 Å². The lowest BCUT2D eigenvalue weighted by atomic mass is 9.83. The molecule has 0 radical (unpaired) electrons. The smallest absolute Gasteiger partial charge is 0.134 e. The molecule has 1 fully saturated rings. The summed E-state index contributed by atoms with van der Waals surface area (Å²) >= 11 is 0. The third-order valence-corrected chi connectivity index (χ3v) is 2.34. The normalized spacial score (nSPS) is 33.8. The number of carbonyl (C=O) groups excluding carboxylic acids is 1. The Kier molecular flexibility index (Phi) is 2.44. The highest BCUT2D eigenvalue weighted by Crippen LogP contribution is 2.23. The molecular weight excluding hydrogens is 126 g/mol. The molecule has 0 bridgehead atoms. The molecule has 58 valence electrons. The molecule has 2 N–H and O–H groups in total. The summed E-state index contributed by atoms with van der Waals surface area (Å²) in [4.78, 5) is 10.9. The second kappa shape index (κ2) is 3.15. The molecule has 0 aromatic heterocycles. The van der Waals surface area contributed by atoms with Crippen molar-refractivity contribution in [2.75, 3.05) is 0 Å². The number of ketones is 1. The highest BCUT2D eigenvalue weighted by molar-refractivity contribution is 5.79. The van der Waals surface area contributed by atoms with Crippen molar-refractivity contribution in [1.82, 2.24) is 0 Å². The zero-order valence-electron chi connectivity index (χ0n) is 6.47. The lowest BCUT2D eigenvalue weighted by Crippen LogP contribution is -2.36. The fourth-order valence-corrected chi connectivity index (χ4v) is 1.66. The Morgan fingerprint density at radius 3 is 2.40 bits per heavy atom. The fraction of sp³-hybridized carbons (Fsp3) is 0.875. The first kappa shape index (κ1) is 7.73. The van der Waals surface area contributed by atoms with Crippen LogP contribution in [0.25, 0.3) is 0 Å². The maximum atomic E-state index is 10.9. The maximum Gasteiger partial charge on any atom is 0.134 e. The van der Waals surface area contributed by atoms with Crippen LogP contribution in [0, 0.1) is 5.92 Å². The van der Waals surface area contributed by atoms with Crippen LogP contribution in [0.2, 0.25) is 0 Å². The molecule has 0 aromatic carbocycles. The summed E-state index contributed by atoms with van der Waals surface area (Å²) in [5, 5.41) is 0. The van der Waals surface area contributed by atoms with Gasteiger partial charge in [-0.2, -0.15) is 0 Å². The molecule has 0 saturated heterocycles. The summed E-state index contributed by atoms with van der Waals surface area (Å²) in [5.74, 6) is 0.431. The van der Waals surface area contributed by atoms with Gasteiger partial charge in [0.25, 0.3) is 0 Å². The van der Waals surface area contributed by atoms with Crippen molar-refractivity contribution in [3.8, 4) is 0 Å². The first-order valence-corrected chi connectivity index (χ1v) is 3.98. The minimum absolute atomic E-state index is 0.145. The highest BCUT2D eigenvalue weighted by atomic mass is 16.1. The quantitative estimate of drug-likeness (QED) is 0.594. The number of hydrogen-bond acceptors (Lipinski definition) is 2. The molecule has 1 aliphatic carbocycles. The zero-order chi connectivity index (χ0) is 7.56. The average molecular weight is 141 g/mol. The molecule has 2 heteroatoms. The molecule has 0 spiro atoms. The molecule has 1 aliphatic rings. The zero-order valence-corrected chi connectivity index (χ0v) is 6.47. The summed E-state index contributed by atoms with van der Waals surface area (Å²) in [7, 11) is 0. The van der Waals surface area contributed by atoms with Gasteiger partial charge in [-0.3, -0.25) is 4.79 Å². The summed E-state index contributed by atoms with van der Waals surface area (Å²) < 4.78 is 0. The largest absolute Gasteiger partial charge is 0.327 e. The van der Waals surface area contributed by atoms with Gasteiger partial charge in [-0.25, -0.2) is 0 Å². The maximum absolute atomic E-state index is 10.9. The van der Waals surface area contributed by atoms with Gasteiger partial charge in [0.15, 0.2) is 0 Å². The molecule has 1 rings (SSSR count). The van der Waals surface area contributed by atoms with E-state index in [1.165, 1.54) is 12.8 Å². The second-order valence-corrected chi connectivity index (χ2v) is 3.17. The molecule has 0 heterocycles. The molecular formula is C8H15NO. The topological polar surface area (TPSA) is 43.1 Å². The minimum atomic E-state index is 0.145. The van der Waals surface area contributed by atoms with Gasteiger partial charge in [0.05, 0.1) is 0 Å². The van der Waals surface area contributed by atoms with Crippen LogP contribution in [-0.2, 0) is 4.79 Å².